The number of anilines is 1. The molecule has 7 heteroatoms. The summed E-state index contributed by atoms with van der Waals surface area (Å²) in [7, 11) is 0. The Labute approximate surface area is 153 Å². The Morgan fingerprint density at radius 2 is 1.85 bits per heavy atom. The standard InChI is InChI=1S/C19H16F3N3S/c1-12-7-8-14(9-13(12)2)17-11-26-18(24-17)25-23-10-15-5-3-4-6-16(15)19(20,21)22/h3-11H,1-2H3,(H,24,25)/b23-10-. The van der Waals surface area contributed by atoms with E-state index in [1.807, 2.05) is 31.4 Å². The van der Waals surface area contributed by atoms with Crippen molar-refractivity contribution in [2.24, 2.45) is 5.10 Å². The SMILES string of the molecule is Cc1ccc(-c2csc(N/N=C\c3ccccc3C(F)(F)F)n2)cc1C. The highest BCUT2D eigenvalue weighted by atomic mass is 32.1. The maximum absolute atomic E-state index is 13.0. The van der Waals surface area contributed by atoms with Gasteiger partial charge in [0.05, 0.1) is 17.5 Å². The molecule has 0 aliphatic heterocycles. The van der Waals surface area contributed by atoms with E-state index in [4.69, 9.17) is 0 Å². The van der Waals surface area contributed by atoms with Gasteiger partial charge < -0.3 is 0 Å². The van der Waals surface area contributed by atoms with Gasteiger partial charge in [-0.05, 0) is 37.1 Å². The molecule has 134 valence electrons. The number of aromatic nitrogens is 1. The van der Waals surface area contributed by atoms with Crippen molar-refractivity contribution in [1.82, 2.24) is 4.98 Å². The minimum absolute atomic E-state index is 0.00145. The van der Waals surface area contributed by atoms with Crippen LogP contribution in [0.1, 0.15) is 22.3 Å². The lowest BCUT2D eigenvalue weighted by Crippen LogP contribution is -2.08. The number of halogens is 3. The van der Waals surface area contributed by atoms with E-state index >= 15 is 0 Å². The van der Waals surface area contributed by atoms with Gasteiger partial charge in [-0.1, -0.05) is 30.3 Å². The molecule has 0 saturated heterocycles. The molecule has 0 amide bonds. The fourth-order valence-corrected chi connectivity index (χ4v) is 3.05. The predicted molar refractivity (Wildman–Crippen MR) is 99.7 cm³/mol. The average molecular weight is 375 g/mol. The van der Waals surface area contributed by atoms with Crippen LogP contribution in [0, 0.1) is 13.8 Å². The number of hydrazone groups is 1. The number of hydrogen-bond acceptors (Lipinski definition) is 4. The molecular formula is C19H16F3N3S. The third kappa shape index (κ3) is 4.11. The van der Waals surface area contributed by atoms with Crippen molar-refractivity contribution in [3.63, 3.8) is 0 Å². The normalized spacial score (nSPS) is 11.9. The van der Waals surface area contributed by atoms with Crippen LogP contribution in [0.25, 0.3) is 11.3 Å². The van der Waals surface area contributed by atoms with Gasteiger partial charge >= 0.3 is 6.18 Å². The summed E-state index contributed by atoms with van der Waals surface area (Å²) in [6, 6.07) is 11.4. The first-order valence-electron chi connectivity index (χ1n) is 7.83. The van der Waals surface area contributed by atoms with Crippen molar-refractivity contribution >= 4 is 22.7 Å². The molecule has 0 aliphatic rings. The number of nitrogens with one attached hydrogen (secondary N) is 1. The molecule has 26 heavy (non-hydrogen) atoms. The zero-order valence-corrected chi connectivity index (χ0v) is 14.9. The van der Waals surface area contributed by atoms with E-state index in [1.165, 1.54) is 40.7 Å². The third-order valence-electron chi connectivity index (χ3n) is 3.94. The zero-order chi connectivity index (χ0) is 18.7. The van der Waals surface area contributed by atoms with Crippen LogP contribution in [0.2, 0.25) is 0 Å². The Balaban J connectivity index is 1.75. The second kappa shape index (κ2) is 7.29. The first kappa shape index (κ1) is 18.1. The lowest BCUT2D eigenvalue weighted by molar-refractivity contribution is -0.137. The summed E-state index contributed by atoms with van der Waals surface area (Å²) in [6.45, 7) is 4.08. The molecule has 3 nitrogen and oxygen atoms in total. The second-order valence-electron chi connectivity index (χ2n) is 5.79. The van der Waals surface area contributed by atoms with Gasteiger partial charge in [-0.25, -0.2) is 4.98 Å². The molecule has 0 atom stereocenters. The van der Waals surface area contributed by atoms with Crippen LogP contribution in [-0.4, -0.2) is 11.2 Å². The zero-order valence-electron chi connectivity index (χ0n) is 14.1. The summed E-state index contributed by atoms with van der Waals surface area (Å²) >= 11 is 1.34. The van der Waals surface area contributed by atoms with Crippen LogP contribution in [0.15, 0.2) is 52.9 Å². The van der Waals surface area contributed by atoms with Crippen LogP contribution < -0.4 is 5.43 Å². The van der Waals surface area contributed by atoms with E-state index in [0.717, 1.165) is 23.5 Å². The van der Waals surface area contributed by atoms with Crippen molar-refractivity contribution in [3.05, 3.63) is 70.1 Å². The van der Waals surface area contributed by atoms with E-state index in [-0.39, 0.29) is 5.56 Å². The Morgan fingerprint density at radius 1 is 1.08 bits per heavy atom. The van der Waals surface area contributed by atoms with Gasteiger partial charge in [0.15, 0.2) is 0 Å². The monoisotopic (exact) mass is 375 g/mol. The highest BCUT2D eigenvalue weighted by Gasteiger charge is 2.32. The van der Waals surface area contributed by atoms with Crippen LogP contribution in [0.5, 0.6) is 0 Å². The van der Waals surface area contributed by atoms with Crippen molar-refractivity contribution in [3.8, 4) is 11.3 Å². The molecule has 0 bridgehead atoms. The van der Waals surface area contributed by atoms with Crippen molar-refractivity contribution in [2.45, 2.75) is 20.0 Å². The maximum atomic E-state index is 13.0. The minimum atomic E-state index is -4.42. The Bertz CT molecular complexity index is 945. The molecule has 1 heterocycles. The smallest absolute Gasteiger partial charge is 0.253 e. The summed E-state index contributed by atoms with van der Waals surface area (Å²) in [5, 5.41) is 6.29. The number of hydrogen-bond donors (Lipinski definition) is 1. The quantitative estimate of drug-likeness (QED) is 0.456. The molecule has 3 rings (SSSR count). The molecule has 0 radical (unpaired) electrons. The molecule has 0 aliphatic carbocycles. The van der Waals surface area contributed by atoms with Gasteiger partial charge in [0, 0.05) is 16.5 Å². The molecule has 1 N–H and O–H groups in total. The predicted octanol–water partition coefficient (Wildman–Crippen LogP) is 5.89. The highest BCUT2D eigenvalue weighted by molar-refractivity contribution is 7.14. The lowest BCUT2D eigenvalue weighted by Gasteiger charge is -2.08. The molecule has 0 fully saturated rings. The Kier molecular flexibility index (Phi) is 5.08. The van der Waals surface area contributed by atoms with Crippen LogP contribution in [0.4, 0.5) is 18.3 Å². The van der Waals surface area contributed by atoms with E-state index in [2.05, 4.69) is 21.6 Å². The van der Waals surface area contributed by atoms with Gasteiger partial charge in [-0.15, -0.1) is 11.3 Å². The first-order valence-corrected chi connectivity index (χ1v) is 8.71. The third-order valence-corrected chi connectivity index (χ3v) is 4.68. The number of rotatable bonds is 4. The van der Waals surface area contributed by atoms with E-state index in [1.54, 1.807) is 0 Å². The number of thiazole rings is 1. The topological polar surface area (TPSA) is 37.3 Å². The number of nitrogens with zero attached hydrogens (tertiary/aromatic N) is 2. The molecule has 0 spiro atoms. The Hall–Kier alpha value is -2.67. The lowest BCUT2D eigenvalue weighted by atomic mass is 10.1. The summed E-state index contributed by atoms with van der Waals surface area (Å²) in [4.78, 5) is 4.43. The summed E-state index contributed by atoms with van der Waals surface area (Å²) in [5.41, 5.74) is 6.14. The number of benzene rings is 2. The summed E-state index contributed by atoms with van der Waals surface area (Å²) in [6.07, 6.45) is -3.26. The molecule has 1 aromatic heterocycles. The fourth-order valence-electron chi connectivity index (χ4n) is 2.38. The van der Waals surface area contributed by atoms with Crippen molar-refractivity contribution in [1.29, 1.82) is 0 Å². The van der Waals surface area contributed by atoms with Crippen LogP contribution in [-0.2, 0) is 6.18 Å². The fraction of sp³-hybridized carbons (Fsp3) is 0.158. The van der Waals surface area contributed by atoms with Crippen molar-refractivity contribution < 1.29 is 13.2 Å². The number of aryl methyl sites for hydroxylation is 2. The van der Waals surface area contributed by atoms with Gasteiger partial charge in [0.1, 0.15) is 0 Å². The highest BCUT2D eigenvalue weighted by Crippen LogP contribution is 2.31. The largest absolute Gasteiger partial charge is 0.417 e. The minimum Gasteiger partial charge on any atom is -0.253 e. The first-order chi connectivity index (χ1) is 12.3. The molecular weight excluding hydrogens is 359 g/mol. The van der Waals surface area contributed by atoms with Gasteiger partial charge in [-0.2, -0.15) is 18.3 Å². The maximum Gasteiger partial charge on any atom is 0.417 e. The Morgan fingerprint density at radius 3 is 2.58 bits per heavy atom. The summed E-state index contributed by atoms with van der Waals surface area (Å²) < 4.78 is 38.9. The molecule has 3 aromatic rings. The summed E-state index contributed by atoms with van der Waals surface area (Å²) in [5.74, 6) is 0. The van der Waals surface area contributed by atoms with E-state index in [0.29, 0.717) is 5.13 Å². The van der Waals surface area contributed by atoms with Crippen LogP contribution in [0.3, 0.4) is 0 Å². The molecule has 0 unspecified atom stereocenters. The van der Waals surface area contributed by atoms with Crippen molar-refractivity contribution in [2.75, 3.05) is 5.43 Å². The van der Waals surface area contributed by atoms with Crippen LogP contribution >= 0.6 is 11.3 Å². The average Bonchev–Trinajstić information content (AvgIpc) is 3.06. The number of alkyl halides is 3. The van der Waals surface area contributed by atoms with E-state index < -0.39 is 11.7 Å². The van der Waals surface area contributed by atoms with Gasteiger partial charge in [0.25, 0.3) is 0 Å². The molecule has 0 saturated carbocycles. The van der Waals surface area contributed by atoms with Gasteiger partial charge in [0.2, 0.25) is 5.13 Å². The molecule has 2 aromatic carbocycles. The second-order valence-corrected chi connectivity index (χ2v) is 6.65. The van der Waals surface area contributed by atoms with Gasteiger partial charge in [-0.3, -0.25) is 5.43 Å². The van der Waals surface area contributed by atoms with E-state index in [9.17, 15) is 13.2 Å².